The van der Waals surface area contributed by atoms with E-state index in [-0.39, 0.29) is 6.04 Å². The van der Waals surface area contributed by atoms with Crippen molar-refractivity contribution in [1.29, 1.82) is 0 Å². The van der Waals surface area contributed by atoms with Gasteiger partial charge in [0.05, 0.1) is 12.7 Å². The Morgan fingerprint density at radius 3 is 3.05 bits per heavy atom. The van der Waals surface area contributed by atoms with Crippen LogP contribution in [0.3, 0.4) is 0 Å². The van der Waals surface area contributed by atoms with Gasteiger partial charge in [-0.05, 0) is 49.9 Å². The van der Waals surface area contributed by atoms with Crippen molar-refractivity contribution in [3.8, 4) is 5.75 Å². The highest BCUT2D eigenvalue weighted by molar-refractivity contribution is 6.30. The molecule has 1 aromatic rings. The molecule has 3 nitrogen and oxygen atoms in total. The Labute approximate surface area is 132 Å². The number of nitrogens with one attached hydrogen (secondary N) is 1. The molecule has 1 fully saturated rings. The predicted octanol–water partition coefficient (Wildman–Crippen LogP) is 3.88. The maximum Gasteiger partial charge on any atom is 0.127 e. The fraction of sp³-hybridized carbons (Fsp3) is 0.647. The van der Waals surface area contributed by atoms with Crippen molar-refractivity contribution in [2.24, 2.45) is 0 Å². The van der Waals surface area contributed by atoms with Crippen molar-refractivity contribution in [2.45, 2.75) is 51.2 Å². The second-order valence-corrected chi connectivity index (χ2v) is 6.40. The fourth-order valence-electron chi connectivity index (χ4n) is 3.29. The van der Waals surface area contributed by atoms with Gasteiger partial charge < -0.3 is 14.8 Å². The van der Waals surface area contributed by atoms with E-state index in [1.54, 1.807) is 0 Å². The molecule has 0 aromatic heterocycles. The third-order valence-electron chi connectivity index (χ3n) is 4.32. The van der Waals surface area contributed by atoms with Gasteiger partial charge >= 0.3 is 0 Å². The summed E-state index contributed by atoms with van der Waals surface area (Å²) < 4.78 is 11.7. The minimum Gasteiger partial charge on any atom is -0.493 e. The van der Waals surface area contributed by atoms with Gasteiger partial charge in [-0.1, -0.05) is 18.5 Å². The Hall–Kier alpha value is -0.770. The number of halogens is 1. The van der Waals surface area contributed by atoms with E-state index in [2.05, 4.69) is 18.3 Å². The molecule has 0 aliphatic carbocycles. The molecular weight excluding hydrogens is 286 g/mol. The van der Waals surface area contributed by atoms with Crippen LogP contribution in [-0.4, -0.2) is 25.9 Å². The first kappa shape index (κ1) is 15.1. The van der Waals surface area contributed by atoms with E-state index >= 15 is 0 Å². The summed E-state index contributed by atoms with van der Waals surface area (Å²) in [4.78, 5) is 0. The van der Waals surface area contributed by atoms with Crippen LogP contribution in [0, 0.1) is 0 Å². The highest BCUT2D eigenvalue weighted by atomic mass is 35.5. The van der Waals surface area contributed by atoms with E-state index in [1.807, 2.05) is 6.07 Å². The van der Waals surface area contributed by atoms with Crippen LogP contribution in [0.5, 0.6) is 5.75 Å². The maximum atomic E-state index is 6.31. The lowest BCUT2D eigenvalue weighted by Gasteiger charge is -2.24. The van der Waals surface area contributed by atoms with Crippen LogP contribution >= 0.6 is 11.6 Å². The standard InChI is InChI=1S/C17H24ClNO2/c1-2-6-19-16(11-14-4-3-7-20-14)15-10-13(18)9-12-5-8-21-17(12)15/h9-10,14,16,19H,2-8,11H2,1H3. The summed E-state index contributed by atoms with van der Waals surface area (Å²) in [5.74, 6) is 1.05. The van der Waals surface area contributed by atoms with Crippen molar-refractivity contribution in [1.82, 2.24) is 5.32 Å². The van der Waals surface area contributed by atoms with E-state index in [0.29, 0.717) is 6.10 Å². The van der Waals surface area contributed by atoms with Crippen LogP contribution < -0.4 is 10.1 Å². The minimum atomic E-state index is 0.263. The summed E-state index contributed by atoms with van der Waals surface area (Å²) >= 11 is 6.31. The summed E-state index contributed by atoms with van der Waals surface area (Å²) in [6.07, 6.45) is 5.77. The molecule has 1 saturated heterocycles. The molecule has 2 aliphatic heterocycles. The highest BCUT2D eigenvalue weighted by Gasteiger charge is 2.27. The highest BCUT2D eigenvalue weighted by Crippen LogP contribution is 2.38. The molecule has 1 aromatic carbocycles. The lowest BCUT2D eigenvalue weighted by molar-refractivity contribution is 0.0943. The quantitative estimate of drug-likeness (QED) is 0.865. The van der Waals surface area contributed by atoms with Crippen LogP contribution in [0.2, 0.25) is 5.02 Å². The smallest absolute Gasteiger partial charge is 0.127 e. The van der Waals surface area contributed by atoms with Gasteiger partial charge in [-0.3, -0.25) is 0 Å². The summed E-state index contributed by atoms with van der Waals surface area (Å²) in [5.41, 5.74) is 2.45. The van der Waals surface area contributed by atoms with Gasteiger partial charge in [-0.15, -0.1) is 0 Å². The Morgan fingerprint density at radius 2 is 2.29 bits per heavy atom. The monoisotopic (exact) mass is 309 g/mol. The number of hydrogen-bond donors (Lipinski definition) is 1. The average Bonchev–Trinajstić information content (AvgIpc) is 3.13. The second kappa shape index (κ2) is 6.99. The van der Waals surface area contributed by atoms with Gasteiger partial charge in [0.1, 0.15) is 5.75 Å². The van der Waals surface area contributed by atoms with Gasteiger partial charge in [0.25, 0.3) is 0 Å². The molecule has 0 radical (unpaired) electrons. The Morgan fingerprint density at radius 1 is 1.38 bits per heavy atom. The third kappa shape index (κ3) is 3.53. The first-order chi connectivity index (χ1) is 10.3. The number of benzene rings is 1. The van der Waals surface area contributed by atoms with Gasteiger partial charge in [-0.25, -0.2) is 0 Å². The van der Waals surface area contributed by atoms with Crippen molar-refractivity contribution in [3.05, 3.63) is 28.3 Å². The molecule has 3 rings (SSSR count). The summed E-state index contributed by atoms with van der Waals surface area (Å²) in [6.45, 7) is 4.85. The molecule has 0 spiro atoms. The molecule has 21 heavy (non-hydrogen) atoms. The van der Waals surface area contributed by atoms with Gasteiger partial charge in [0, 0.05) is 29.7 Å². The molecule has 2 heterocycles. The number of rotatable bonds is 6. The zero-order valence-corrected chi connectivity index (χ0v) is 13.4. The topological polar surface area (TPSA) is 30.5 Å². The van der Waals surface area contributed by atoms with Crippen molar-refractivity contribution in [3.63, 3.8) is 0 Å². The van der Waals surface area contributed by atoms with E-state index in [4.69, 9.17) is 21.1 Å². The fourth-order valence-corrected chi connectivity index (χ4v) is 3.54. The van der Waals surface area contributed by atoms with E-state index in [9.17, 15) is 0 Å². The molecule has 2 atom stereocenters. The molecule has 0 amide bonds. The van der Waals surface area contributed by atoms with Crippen molar-refractivity contribution in [2.75, 3.05) is 19.8 Å². The molecule has 1 N–H and O–H groups in total. The van der Waals surface area contributed by atoms with Crippen LogP contribution in [-0.2, 0) is 11.2 Å². The molecule has 0 bridgehead atoms. The molecule has 116 valence electrons. The SMILES string of the molecule is CCCNC(CC1CCCO1)c1cc(Cl)cc2c1OCC2. The van der Waals surface area contributed by atoms with Gasteiger partial charge in [0.15, 0.2) is 0 Å². The predicted molar refractivity (Wildman–Crippen MR) is 85.3 cm³/mol. The Balaban J connectivity index is 1.84. The molecular formula is C17H24ClNO2. The van der Waals surface area contributed by atoms with Crippen molar-refractivity contribution >= 4 is 11.6 Å². The number of hydrogen-bond acceptors (Lipinski definition) is 3. The zero-order valence-electron chi connectivity index (χ0n) is 12.7. The summed E-state index contributed by atoms with van der Waals surface area (Å²) in [7, 11) is 0. The van der Waals surface area contributed by atoms with E-state index < -0.39 is 0 Å². The van der Waals surface area contributed by atoms with Crippen LogP contribution in [0.1, 0.15) is 49.8 Å². The van der Waals surface area contributed by atoms with Crippen LogP contribution in [0.25, 0.3) is 0 Å². The minimum absolute atomic E-state index is 0.263. The Kier molecular flexibility index (Phi) is 5.04. The van der Waals surface area contributed by atoms with Crippen LogP contribution in [0.4, 0.5) is 0 Å². The first-order valence-corrected chi connectivity index (χ1v) is 8.46. The molecule has 0 saturated carbocycles. The van der Waals surface area contributed by atoms with Crippen molar-refractivity contribution < 1.29 is 9.47 Å². The van der Waals surface area contributed by atoms with Gasteiger partial charge in [-0.2, -0.15) is 0 Å². The van der Waals surface area contributed by atoms with Crippen LogP contribution in [0.15, 0.2) is 12.1 Å². The maximum absolute atomic E-state index is 6.31. The molecule has 2 aliphatic rings. The first-order valence-electron chi connectivity index (χ1n) is 8.08. The summed E-state index contributed by atoms with van der Waals surface area (Å²) in [6, 6.07) is 4.36. The molecule has 4 heteroatoms. The van der Waals surface area contributed by atoms with E-state index in [0.717, 1.165) is 56.2 Å². The molecule has 2 unspecified atom stereocenters. The number of ether oxygens (including phenoxy) is 2. The lowest BCUT2D eigenvalue weighted by atomic mass is 9.96. The largest absolute Gasteiger partial charge is 0.493 e. The third-order valence-corrected chi connectivity index (χ3v) is 4.53. The zero-order chi connectivity index (χ0) is 14.7. The number of fused-ring (bicyclic) bond motifs is 1. The normalized spacial score (nSPS) is 22.1. The van der Waals surface area contributed by atoms with Gasteiger partial charge in [0.2, 0.25) is 0 Å². The average molecular weight is 310 g/mol. The summed E-state index contributed by atoms with van der Waals surface area (Å²) in [5, 5.41) is 4.46. The Bertz CT molecular complexity index is 486. The van der Waals surface area contributed by atoms with E-state index in [1.165, 1.54) is 17.5 Å². The second-order valence-electron chi connectivity index (χ2n) is 5.96. The lowest BCUT2D eigenvalue weighted by Crippen LogP contribution is -2.26.